The van der Waals surface area contributed by atoms with Gasteiger partial charge in [-0.15, -0.1) is 0 Å². The van der Waals surface area contributed by atoms with E-state index in [1.165, 1.54) is 5.56 Å². The summed E-state index contributed by atoms with van der Waals surface area (Å²) in [5.41, 5.74) is 2.34. The molecular weight excluding hydrogens is 282 g/mol. The third-order valence-electron chi connectivity index (χ3n) is 3.23. The summed E-state index contributed by atoms with van der Waals surface area (Å²) in [6.45, 7) is 2.58. The first-order valence-electron chi connectivity index (χ1n) is 7.01. The van der Waals surface area contributed by atoms with Crippen LogP contribution in [-0.2, 0) is 12.8 Å². The quantitative estimate of drug-likeness (QED) is 0.847. The molecule has 22 heavy (non-hydrogen) atoms. The number of carboxylic acid groups (broad SMARTS) is 1. The van der Waals surface area contributed by atoms with Crippen LogP contribution < -0.4 is 5.32 Å². The average Bonchev–Trinajstić information content (AvgIpc) is 2.55. The Labute approximate surface area is 128 Å². The highest BCUT2D eigenvalue weighted by Crippen LogP contribution is 2.05. The molecule has 1 amide bonds. The number of nitrogens with one attached hydrogen (secondary N) is 1. The number of amides is 1. The second-order valence-corrected chi connectivity index (χ2v) is 4.77. The molecule has 0 aliphatic heterocycles. The van der Waals surface area contributed by atoms with E-state index in [2.05, 4.69) is 34.3 Å². The second-order valence-electron chi connectivity index (χ2n) is 4.77. The molecule has 1 aromatic carbocycles. The first-order chi connectivity index (χ1) is 10.6. The van der Waals surface area contributed by atoms with E-state index in [0.717, 1.165) is 30.8 Å². The second kappa shape index (κ2) is 7.31. The van der Waals surface area contributed by atoms with E-state index < -0.39 is 5.97 Å². The topological polar surface area (TPSA) is 92.2 Å². The Kier molecular flexibility index (Phi) is 5.19. The van der Waals surface area contributed by atoms with Crippen LogP contribution in [0.2, 0.25) is 0 Å². The van der Waals surface area contributed by atoms with Gasteiger partial charge in [0.15, 0.2) is 5.69 Å². The van der Waals surface area contributed by atoms with E-state index in [-0.39, 0.29) is 17.3 Å². The summed E-state index contributed by atoms with van der Waals surface area (Å²) in [5, 5.41) is 11.5. The molecule has 2 N–H and O–H groups in total. The van der Waals surface area contributed by atoms with Gasteiger partial charge in [-0.05, 0) is 24.0 Å². The summed E-state index contributed by atoms with van der Waals surface area (Å²) in [6.07, 6.45) is 3.95. The summed E-state index contributed by atoms with van der Waals surface area (Å²) >= 11 is 0. The molecule has 0 radical (unpaired) electrons. The van der Waals surface area contributed by atoms with Crippen molar-refractivity contribution in [1.29, 1.82) is 0 Å². The number of nitrogens with zero attached hydrogens (tertiary/aromatic N) is 2. The summed E-state index contributed by atoms with van der Waals surface area (Å²) in [4.78, 5) is 30.0. The van der Waals surface area contributed by atoms with E-state index in [0.29, 0.717) is 6.54 Å². The number of aromatic nitrogens is 2. The smallest absolute Gasteiger partial charge is 0.356 e. The average molecular weight is 299 g/mol. The van der Waals surface area contributed by atoms with Gasteiger partial charge in [-0.2, -0.15) is 0 Å². The molecular formula is C16H17N3O3. The zero-order chi connectivity index (χ0) is 15.9. The lowest BCUT2D eigenvalue weighted by Crippen LogP contribution is -2.26. The number of rotatable bonds is 6. The number of carboxylic acids is 1. The minimum atomic E-state index is -1.17. The van der Waals surface area contributed by atoms with Gasteiger partial charge >= 0.3 is 5.97 Å². The largest absolute Gasteiger partial charge is 0.476 e. The van der Waals surface area contributed by atoms with Crippen LogP contribution in [0.4, 0.5) is 0 Å². The SMILES string of the molecule is CCc1ccc(CCNC(=O)c2cnc(C(=O)O)cn2)cc1. The first-order valence-corrected chi connectivity index (χ1v) is 7.01. The summed E-state index contributed by atoms with van der Waals surface area (Å²) < 4.78 is 0. The minimum absolute atomic E-state index is 0.103. The number of hydrogen-bond donors (Lipinski definition) is 2. The lowest BCUT2D eigenvalue weighted by Gasteiger charge is -2.05. The van der Waals surface area contributed by atoms with E-state index >= 15 is 0 Å². The molecule has 0 fully saturated rings. The summed E-state index contributed by atoms with van der Waals surface area (Å²) in [6, 6.07) is 8.25. The van der Waals surface area contributed by atoms with Crippen molar-refractivity contribution in [1.82, 2.24) is 15.3 Å². The van der Waals surface area contributed by atoms with Gasteiger partial charge in [-0.25, -0.2) is 14.8 Å². The number of aromatic carboxylic acids is 1. The van der Waals surface area contributed by atoms with Gasteiger partial charge < -0.3 is 10.4 Å². The van der Waals surface area contributed by atoms with Crippen molar-refractivity contribution in [3.8, 4) is 0 Å². The van der Waals surface area contributed by atoms with Gasteiger partial charge in [0.1, 0.15) is 5.69 Å². The zero-order valence-electron chi connectivity index (χ0n) is 12.2. The highest BCUT2D eigenvalue weighted by atomic mass is 16.4. The fourth-order valence-electron chi connectivity index (χ4n) is 1.91. The molecule has 114 valence electrons. The van der Waals surface area contributed by atoms with Crippen LogP contribution in [0.5, 0.6) is 0 Å². The normalized spacial score (nSPS) is 10.2. The van der Waals surface area contributed by atoms with Gasteiger partial charge in [0.25, 0.3) is 5.91 Å². The van der Waals surface area contributed by atoms with Crippen molar-refractivity contribution in [2.24, 2.45) is 0 Å². The van der Waals surface area contributed by atoms with E-state index in [1.54, 1.807) is 0 Å². The van der Waals surface area contributed by atoms with Gasteiger partial charge in [-0.1, -0.05) is 31.2 Å². The maximum atomic E-state index is 11.9. The standard InChI is InChI=1S/C16H17N3O3/c1-2-11-3-5-12(6-4-11)7-8-17-15(20)13-9-19-14(10-18-13)16(21)22/h3-6,9-10H,2,7-8H2,1H3,(H,17,20)(H,21,22). The Balaban J connectivity index is 1.85. The Morgan fingerprint density at radius 3 is 2.18 bits per heavy atom. The van der Waals surface area contributed by atoms with Crippen LogP contribution >= 0.6 is 0 Å². The van der Waals surface area contributed by atoms with Crippen molar-refractivity contribution < 1.29 is 14.7 Å². The molecule has 0 unspecified atom stereocenters. The van der Waals surface area contributed by atoms with Crippen LogP contribution in [0.1, 0.15) is 39.0 Å². The predicted octanol–water partition coefficient (Wildman–Crippen LogP) is 1.71. The van der Waals surface area contributed by atoms with E-state index in [9.17, 15) is 9.59 Å². The minimum Gasteiger partial charge on any atom is -0.476 e. The van der Waals surface area contributed by atoms with Crippen molar-refractivity contribution in [2.45, 2.75) is 19.8 Å². The number of aryl methyl sites for hydroxylation is 1. The molecule has 0 aliphatic carbocycles. The fourth-order valence-corrected chi connectivity index (χ4v) is 1.91. The van der Waals surface area contributed by atoms with Crippen LogP contribution in [0.15, 0.2) is 36.7 Å². The number of carbonyl (C=O) groups is 2. The zero-order valence-corrected chi connectivity index (χ0v) is 12.2. The molecule has 0 aliphatic rings. The number of carbonyl (C=O) groups excluding carboxylic acids is 1. The molecule has 0 atom stereocenters. The van der Waals surface area contributed by atoms with Crippen molar-refractivity contribution in [2.75, 3.05) is 6.54 Å². The Hall–Kier alpha value is -2.76. The molecule has 6 heteroatoms. The van der Waals surface area contributed by atoms with Crippen molar-refractivity contribution >= 4 is 11.9 Å². The van der Waals surface area contributed by atoms with Crippen LogP contribution in [0, 0.1) is 0 Å². The molecule has 6 nitrogen and oxygen atoms in total. The Bertz CT molecular complexity index is 651. The van der Waals surface area contributed by atoms with Gasteiger partial charge in [-0.3, -0.25) is 4.79 Å². The molecule has 1 heterocycles. The lowest BCUT2D eigenvalue weighted by atomic mass is 10.1. The van der Waals surface area contributed by atoms with Gasteiger partial charge in [0, 0.05) is 6.54 Å². The maximum absolute atomic E-state index is 11.9. The van der Waals surface area contributed by atoms with Gasteiger partial charge in [0.2, 0.25) is 0 Å². The maximum Gasteiger partial charge on any atom is 0.356 e. The molecule has 0 bridgehead atoms. The van der Waals surface area contributed by atoms with E-state index in [1.807, 2.05) is 12.1 Å². The third-order valence-corrected chi connectivity index (χ3v) is 3.23. The highest BCUT2D eigenvalue weighted by molar-refractivity contribution is 5.92. The molecule has 0 saturated heterocycles. The lowest BCUT2D eigenvalue weighted by molar-refractivity contribution is 0.0689. The van der Waals surface area contributed by atoms with E-state index in [4.69, 9.17) is 5.11 Å². The molecule has 2 aromatic rings. The predicted molar refractivity (Wildman–Crippen MR) is 80.8 cm³/mol. The third kappa shape index (κ3) is 4.12. The summed E-state index contributed by atoms with van der Waals surface area (Å²) in [7, 11) is 0. The molecule has 2 rings (SSSR count). The van der Waals surface area contributed by atoms with Gasteiger partial charge in [0.05, 0.1) is 12.4 Å². The molecule has 1 aromatic heterocycles. The highest BCUT2D eigenvalue weighted by Gasteiger charge is 2.10. The molecule has 0 spiro atoms. The Morgan fingerprint density at radius 1 is 1.05 bits per heavy atom. The monoisotopic (exact) mass is 299 g/mol. The number of benzene rings is 1. The molecule has 0 saturated carbocycles. The van der Waals surface area contributed by atoms with Crippen LogP contribution in [0.3, 0.4) is 0 Å². The van der Waals surface area contributed by atoms with Crippen molar-refractivity contribution in [3.63, 3.8) is 0 Å². The summed E-state index contributed by atoms with van der Waals surface area (Å²) in [5.74, 6) is -1.54. The fraction of sp³-hybridized carbons (Fsp3) is 0.250. The van der Waals surface area contributed by atoms with Crippen molar-refractivity contribution in [3.05, 3.63) is 59.2 Å². The number of hydrogen-bond acceptors (Lipinski definition) is 4. The van der Waals surface area contributed by atoms with Crippen LogP contribution in [-0.4, -0.2) is 33.5 Å². The Morgan fingerprint density at radius 2 is 1.64 bits per heavy atom. The first kappa shape index (κ1) is 15.6. The van der Waals surface area contributed by atoms with Crippen LogP contribution in [0.25, 0.3) is 0 Å².